The van der Waals surface area contributed by atoms with Gasteiger partial charge < -0.3 is 15.2 Å². The highest BCUT2D eigenvalue weighted by Gasteiger charge is 2.21. The molecule has 1 saturated heterocycles. The maximum absolute atomic E-state index is 12.2. The Balaban J connectivity index is 1.39. The Bertz CT molecular complexity index is 893. The second kappa shape index (κ2) is 11.1. The van der Waals surface area contributed by atoms with Crippen LogP contribution < -0.4 is 5.32 Å². The van der Waals surface area contributed by atoms with E-state index in [0.29, 0.717) is 23.2 Å². The molecule has 1 aliphatic heterocycles. The quantitative estimate of drug-likeness (QED) is 0.545. The summed E-state index contributed by atoms with van der Waals surface area (Å²) in [5, 5.41) is 14.2. The molecule has 1 fully saturated rings. The molecule has 1 aromatic heterocycles. The van der Waals surface area contributed by atoms with Gasteiger partial charge in [0.15, 0.2) is 4.34 Å². The first-order valence-corrected chi connectivity index (χ1v) is 11.8. The van der Waals surface area contributed by atoms with E-state index in [4.69, 9.17) is 21.4 Å². The van der Waals surface area contributed by atoms with Crippen molar-refractivity contribution in [3.8, 4) is 0 Å². The van der Waals surface area contributed by atoms with E-state index < -0.39 is 5.97 Å². The highest BCUT2D eigenvalue weighted by molar-refractivity contribution is 8.01. The van der Waals surface area contributed by atoms with E-state index in [1.165, 1.54) is 23.1 Å². The number of hydrogen-bond donors (Lipinski definition) is 2. The number of hydrogen-bond acceptors (Lipinski definition) is 7. The molecule has 2 N–H and O–H groups in total. The summed E-state index contributed by atoms with van der Waals surface area (Å²) in [4.78, 5) is 29.4. The number of aliphatic carboxylic acids is 1. The minimum absolute atomic E-state index is 0.0596. The molecule has 1 amide bonds. The number of benzene rings is 1. The van der Waals surface area contributed by atoms with Gasteiger partial charge in [0.2, 0.25) is 5.91 Å². The fourth-order valence-electron chi connectivity index (χ4n) is 3.04. The van der Waals surface area contributed by atoms with E-state index in [9.17, 15) is 9.59 Å². The van der Waals surface area contributed by atoms with Crippen LogP contribution >= 0.6 is 34.7 Å². The van der Waals surface area contributed by atoms with Crippen LogP contribution in [0.15, 0.2) is 27.9 Å². The number of morpholine rings is 1. The summed E-state index contributed by atoms with van der Waals surface area (Å²) < 4.78 is 6.48. The number of aryl methyl sites for hydroxylation is 1. The Morgan fingerprint density at radius 3 is 3.07 bits per heavy atom. The van der Waals surface area contributed by atoms with Crippen molar-refractivity contribution in [3.63, 3.8) is 0 Å². The first-order chi connectivity index (χ1) is 14.4. The molecular weight excluding hydrogens is 446 g/mol. The molecule has 0 aliphatic carbocycles. The highest BCUT2D eigenvalue weighted by Crippen LogP contribution is 2.23. The number of nitrogens with one attached hydrogen (secondary N) is 1. The van der Waals surface area contributed by atoms with Gasteiger partial charge in [0.1, 0.15) is 0 Å². The van der Waals surface area contributed by atoms with Crippen molar-refractivity contribution in [1.82, 2.24) is 15.2 Å². The van der Waals surface area contributed by atoms with Crippen LogP contribution in [-0.4, -0.2) is 65.0 Å². The monoisotopic (exact) mass is 469 g/mol. The van der Waals surface area contributed by atoms with Crippen LogP contribution in [0, 0.1) is 6.92 Å². The maximum Gasteiger partial charge on any atom is 0.309 e. The zero-order valence-corrected chi connectivity index (χ0v) is 19.0. The Hall–Kier alpha value is -1.65. The van der Waals surface area contributed by atoms with Gasteiger partial charge in [0.05, 0.1) is 30.6 Å². The molecule has 3 rings (SSSR count). The van der Waals surface area contributed by atoms with E-state index in [-0.39, 0.29) is 24.2 Å². The third-order valence-corrected chi connectivity index (χ3v) is 7.06. The van der Waals surface area contributed by atoms with Crippen LogP contribution in [0.25, 0.3) is 0 Å². The predicted molar refractivity (Wildman–Crippen MR) is 118 cm³/mol. The van der Waals surface area contributed by atoms with Gasteiger partial charge in [-0.1, -0.05) is 35.5 Å². The molecule has 1 aromatic carbocycles. The van der Waals surface area contributed by atoms with E-state index in [1.54, 1.807) is 5.38 Å². The lowest BCUT2D eigenvalue weighted by atomic mass is 10.1. The zero-order valence-electron chi connectivity index (χ0n) is 16.6. The molecule has 7 nitrogen and oxygen atoms in total. The first kappa shape index (κ1) is 23.0. The number of thiazole rings is 1. The van der Waals surface area contributed by atoms with Crippen molar-refractivity contribution in [2.45, 2.75) is 30.3 Å². The average Bonchev–Trinajstić information content (AvgIpc) is 3.14. The van der Waals surface area contributed by atoms with Gasteiger partial charge in [-0.2, -0.15) is 0 Å². The molecule has 2 heterocycles. The van der Waals surface area contributed by atoms with E-state index in [0.717, 1.165) is 35.8 Å². The second-order valence-corrected chi connectivity index (χ2v) is 9.57. The summed E-state index contributed by atoms with van der Waals surface area (Å²) in [6, 6.07) is 6.12. The summed E-state index contributed by atoms with van der Waals surface area (Å²) in [6.45, 7) is 5.44. The third-order valence-electron chi connectivity index (χ3n) is 4.58. The summed E-state index contributed by atoms with van der Waals surface area (Å²) in [7, 11) is 0. The lowest BCUT2D eigenvalue weighted by Crippen LogP contribution is -2.47. The largest absolute Gasteiger partial charge is 0.481 e. The van der Waals surface area contributed by atoms with Gasteiger partial charge in [0.25, 0.3) is 0 Å². The molecule has 1 atom stereocenters. The summed E-state index contributed by atoms with van der Waals surface area (Å²) in [6.07, 6.45) is -0.163. The Kier molecular flexibility index (Phi) is 8.52. The number of ether oxygens (including phenoxy) is 1. The molecule has 0 bridgehead atoms. The number of thioether (sulfide) groups is 1. The standard InChI is InChI=1S/C20H24ClN3O4S2/c1-13-2-3-14(6-17(13)21)9-24-4-5-28-16(10-24)8-22-18(25)12-30-20-23-15(11-29-20)7-19(26)27/h2-3,6,11,16H,4-5,7-10,12H2,1H3,(H,22,25)(H,26,27). The molecule has 0 spiro atoms. The number of rotatable bonds is 9. The smallest absolute Gasteiger partial charge is 0.309 e. The molecule has 162 valence electrons. The molecular formula is C20H24ClN3O4S2. The normalized spacial score (nSPS) is 17.1. The molecule has 0 radical (unpaired) electrons. The van der Waals surface area contributed by atoms with Gasteiger partial charge in [-0.25, -0.2) is 4.98 Å². The predicted octanol–water partition coefficient (Wildman–Crippen LogP) is 2.84. The Labute approximate surface area is 188 Å². The number of nitrogens with zero attached hydrogens (tertiary/aromatic N) is 2. The number of halogens is 1. The fraction of sp³-hybridized carbons (Fsp3) is 0.450. The molecule has 0 saturated carbocycles. The zero-order chi connectivity index (χ0) is 21.5. The molecule has 1 unspecified atom stereocenters. The van der Waals surface area contributed by atoms with Crippen LogP contribution in [0.5, 0.6) is 0 Å². The minimum Gasteiger partial charge on any atom is -0.481 e. The lowest BCUT2D eigenvalue weighted by molar-refractivity contribution is -0.136. The minimum atomic E-state index is -0.915. The van der Waals surface area contributed by atoms with Crippen LogP contribution in [0.1, 0.15) is 16.8 Å². The number of carboxylic acid groups (broad SMARTS) is 1. The number of amides is 1. The van der Waals surface area contributed by atoms with Crippen molar-refractivity contribution >= 4 is 46.6 Å². The highest BCUT2D eigenvalue weighted by atomic mass is 35.5. The number of aromatic nitrogens is 1. The van der Waals surface area contributed by atoms with Crippen molar-refractivity contribution in [1.29, 1.82) is 0 Å². The fourth-order valence-corrected chi connectivity index (χ4v) is 4.91. The van der Waals surface area contributed by atoms with Gasteiger partial charge >= 0.3 is 5.97 Å². The Morgan fingerprint density at radius 1 is 1.47 bits per heavy atom. The van der Waals surface area contributed by atoms with E-state index >= 15 is 0 Å². The van der Waals surface area contributed by atoms with Gasteiger partial charge in [-0.15, -0.1) is 11.3 Å². The van der Waals surface area contributed by atoms with E-state index in [1.807, 2.05) is 19.1 Å². The van der Waals surface area contributed by atoms with Gasteiger partial charge in [0, 0.05) is 36.6 Å². The van der Waals surface area contributed by atoms with Crippen molar-refractivity contribution < 1.29 is 19.4 Å². The number of carboxylic acids is 1. The summed E-state index contributed by atoms with van der Waals surface area (Å²) >= 11 is 8.88. The SMILES string of the molecule is Cc1ccc(CN2CCOC(CNC(=O)CSc3nc(CC(=O)O)cs3)C2)cc1Cl. The molecule has 1 aliphatic rings. The third kappa shape index (κ3) is 7.24. The summed E-state index contributed by atoms with van der Waals surface area (Å²) in [5.41, 5.74) is 2.75. The second-order valence-electron chi connectivity index (χ2n) is 7.08. The number of carbonyl (C=O) groups is 2. The van der Waals surface area contributed by atoms with Crippen LogP contribution in [0.3, 0.4) is 0 Å². The van der Waals surface area contributed by atoms with Gasteiger partial charge in [-0.3, -0.25) is 14.5 Å². The van der Waals surface area contributed by atoms with Crippen LogP contribution in [0.2, 0.25) is 5.02 Å². The van der Waals surface area contributed by atoms with Crippen LogP contribution in [-0.2, 0) is 27.3 Å². The van der Waals surface area contributed by atoms with Crippen molar-refractivity contribution in [3.05, 3.63) is 45.4 Å². The molecule has 30 heavy (non-hydrogen) atoms. The van der Waals surface area contributed by atoms with E-state index in [2.05, 4.69) is 21.3 Å². The first-order valence-electron chi connectivity index (χ1n) is 9.53. The lowest BCUT2D eigenvalue weighted by Gasteiger charge is -2.33. The van der Waals surface area contributed by atoms with Crippen molar-refractivity contribution in [2.24, 2.45) is 0 Å². The van der Waals surface area contributed by atoms with Crippen molar-refractivity contribution in [2.75, 3.05) is 32.0 Å². The van der Waals surface area contributed by atoms with Gasteiger partial charge in [-0.05, 0) is 24.1 Å². The maximum atomic E-state index is 12.2. The Morgan fingerprint density at radius 2 is 2.30 bits per heavy atom. The topological polar surface area (TPSA) is 91.8 Å². The molecule has 10 heteroatoms. The average molecular weight is 470 g/mol. The molecule has 2 aromatic rings. The summed E-state index contributed by atoms with van der Waals surface area (Å²) in [5.74, 6) is -0.777. The van der Waals surface area contributed by atoms with Crippen LogP contribution in [0.4, 0.5) is 0 Å². The number of carbonyl (C=O) groups excluding carboxylic acids is 1.